The Morgan fingerprint density at radius 3 is 2.15 bits per heavy atom. The van der Waals surface area contributed by atoms with Crippen molar-refractivity contribution >= 4 is 20.2 Å². The molecule has 0 aliphatic heterocycles. The molecule has 8 heteroatoms. The SMILES string of the molecule is CCCCCS(=O)(=O)Oc1cccc(OS(C)(=O)=O)c1. The summed E-state index contributed by atoms with van der Waals surface area (Å²) in [7, 11) is -7.33. The van der Waals surface area contributed by atoms with Gasteiger partial charge in [0.25, 0.3) is 0 Å². The Kier molecular flexibility index (Phi) is 5.82. The maximum atomic E-state index is 11.7. The summed E-state index contributed by atoms with van der Waals surface area (Å²) in [4.78, 5) is 0. The average molecular weight is 322 g/mol. The van der Waals surface area contributed by atoms with Gasteiger partial charge >= 0.3 is 20.2 Å². The van der Waals surface area contributed by atoms with Crippen LogP contribution in [0.1, 0.15) is 26.2 Å². The summed E-state index contributed by atoms with van der Waals surface area (Å²) in [5.74, 6) is -0.0331. The van der Waals surface area contributed by atoms with Crippen LogP contribution in [0.4, 0.5) is 0 Å². The van der Waals surface area contributed by atoms with Gasteiger partial charge in [0.15, 0.2) is 0 Å². The average Bonchev–Trinajstić information content (AvgIpc) is 2.26. The molecule has 0 unspecified atom stereocenters. The quantitative estimate of drug-likeness (QED) is 0.537. The van der Waals surface area contributed by atoms with Gasteiger partial charge in [-0.3, -0.25) is 0 Å². The van der Waals surface area contributed by atoms with Crippen molar-refractivity contribution in [1.82, 2.24) is 0 Å². The van der Waals surface area contributed by atoms with Gasteiger partial charge in [0, 0.05) is 6.07 Å². The molecule has 1 aromatic rings. The molecule has 0 heterocycles. The molecule has 20 heavy (non-hydrogen) atoms. The fourth-order valence-electron chi connectivity index (χ4n) is 1.47. The first-order valence-corrected chi connectivity index (χ1v) is 9.53. The number of rotatable bonds is 8. The van der Waals surface area contributed by atoms with Gasteiger partial charge in [-0.25, -0.2) is 0 Å². The summed E-state index contributed by atoms with van der Waals surface area (Å²) >= 11 is 0. The topological polar surface area (TPSA) is 86.7 Å². The summed E-state index contributed by atoms with van der Waals surface area (Å²) in [6, 6.07) is 5.50. The lowest BCUT2D eigenvalue weighted by atomic mass is 10.3. The lowest BCUT2D eigenvalue weighted by Gasteiger charge is -2.08. The normalized spacial score (nSPS) is 12.1. The molecule has 0 aliphatic rings. The smallest absolute Gasteiger partial charge is 0.309 e. The van der Waals surface area contributed by atoms with E-state index in [-0.39, 0.29) is 17.3 Å². The van der Waals surface area contributed by atoms with Crippen LogP contribution in [-0.2, 0) is 20.2 Å². The van der Waals surface area contributed by atoms with Gasteiger partial charge in [-0.2, -0.15) is 16.8 Å². The molecule has 0 bridgehead atoms. The van der Waals surface area contributed by atoms with E-state index in [2.05, 4.69) is 4.18 Å². The van der Waals surface area contributed by atoms with Gasteiger partial charge < -0.3 is 8.37 Å². The van der Waals surface area contributed by atoms with Crippen molar-refractivity contribution in [3.8, 4) is 11.5 Å². The van der Waals surface area contributed by atoms with Gasteiger partial charge in [0.2, 0.25) is 0 Å². The standard InChI is InChI=1S/C12H18O6S2/c1-3-4-5-9-20(15,16)18-12-8-6-7-11(10-12)17-19(2,13)14/h6-8,10H,3-5,9H2,1-2H3. The van der Waals surface area contributed by atoms with Crippen LogP contribution in [0, 0.1) is 0 Å². The Labute approximate surface area is 120 Å². The highest BCUT2D eigenvalue weighted by Crippen LogP contribution is 2.22. The maximum absolute atomic E-state index is 11.7. The largest absolute Gasteiger partial charge is 0.382 e. The Morgan fingerprint density at radius 1 is 1.00 bits per heavy atom. The highest BCUT2D eigenvalue weighted by Gasteiger charge is 2.13. The summed E-state index contributed by atoms with van der Waals surface area (Å²) < 4.78 is 54.9. The zero-order valence-corrected chi connectivity index (χ0v) is 13.0. The first-order chi connectivity index (χ1) is 9.22. The molecule has 0 N–H and O–H groups in total. The number of unbranched alkanes of at least 4 members (excludes halogenated alkanes) is 2. The van der Waals surface area contributed by atoms with Gasteiger partial charge in [-0.1, -0.05) is 25.8 Å². The fourth-order valence-corrected chi connectivity index (χ4v) is 2.96. The van der Waals surface area contributed by atoms with Crippen LogP contribution in [0.15, 0.2) is 24.3 Å². The molecule has 1 rings (SSSR count). The summed E-state index contributed by atoms with van der Waals surface area (Å²) in [5, 5.41) is 0. The minimum Gasteiger partial charge on any atom is -0.382 e. The molecule has 6 nitrogen and oxygen atoms in total. The highest BCUT2D eigenvalue weighted by atomic mass is 32.2. The summed E-state index contributed by atoms with van der Waals surface area (Å²) in [6.07, 6.45) is 3.15. The second-order valence-corrected chi connectivity index (χ2v) is 7.58. The molecular weight excluding hydrogens is 304 g/mol. The van der Waals surface area contributed by atoms with Crippen LogP contribution in [0.3, 0.4) is 0 Å². The molecule has 0 radical (unpaired) electrons. The zero-order valence-electron chi connectivity index (χ0n) is 11.4. The first kappa shape index (κ1) is 16.8. The molecule has 0 aromatic heterocycles. The zero-order chi connectivity index (χ0) is 15.2. The molecule has 1 aromatic carbocycles. The first-order valence-electron chi connectivity index (χ1n) is 6.13. The third-order valence-corrected chi connectivity index (χ3v) is 4.00. The van der Waals surface area contributed by atoms with Crippen molar-refractivity contribution in [3.05, 3.63) is 24.3 Å². The lowest BCUT2D eigenvalue weighted by Crippen LogP contribution is -2.14. The minimum atomic E-state index is -3.67. The van der Waals surface area contributed by atoms with Gasteiger partial charge in [-0.15, -0.1) is 0 Å². The molecule has 0 amide bonds. The molecule has 0 saturated heterocycles. The van der Waals surface area contributed by atoms with Crippen molar-refractivity contribution < 1.29 is 25.2 Å². The lowest BCUT2D eigenvalue weighted by molar-refractivity contribution is 0.477. The van der Waals surface area contributed by atoms with Crippen molar-refractivity contribution in [2.45, 2.75) is 26.2 Å². The van der Waals surface area contributed by atoms with Crippen LogP contribution in [0.25, 0.3) is 0 Å². The Hall–Kier alpha value is -1.28. The van der Waals surface area contributed by atoms with Crippen LogP contribution in [0.2, 0.25) is 0 Å². The Morgan fingerprint density at radius 2 is 1.60 bits per heavy atom. The van der Waals surface area contributed by atoms with E-state index in [1.54, 1.807) is 0 Å². The minimum absolute atomic E-state index is 0.00811. The van der Waals surface area contributed by atoms with Crippen LogP contribution in [-0.4, -0.2) is 28.8 Å². The van der Waals surface area contributed by atoms with Crippen LogP contribution < -0.4 is 8.37 Å². The van der Waals surface area contributed by atoms with E-state index in [9.17, 15) is 16.8 Å². The fraction of sp³-hybridized carbons (Fsp3) is 0.500. The molecule has 114 valence electrons. The predicted octanol–water partition coefficient (Wildman–Crippen LogP) is 1.92. The monoisotopic (exact) mass is 322 g/mol. The molecule has 0 saturated carbocycles. The van der Waals surface area contributed by atoms with E-state index in [4.69, 9.17) is 4.18 Å². The van der Waals surface area contributed by atoms with E-state index in [0.29, 0.717) is 6.42 Å². The summed E-state index contributed by atoms with van der Waals surface area (Å²) in [5.41, 5.74) is 0. The second kappa shape index (κ2) is 6.94. The molecule has 0 aliphatic carbocycles. The van der Waals surface area contributed by atoms with Crippen molar-refractivity contribution in [2.75, 3.05) is 12.0 Å². The summed E-state index contributed by atoms with van der Waals surface area (Å²) in [6.45, 7) is 1.97. The van der Waals surface area contributed by atoms with E-state index < -0.39 is 20.2 Å². The van der Waals surface area contributed by atoms with Gasteiger partial charge in [0.05, 0.1) is 12.0 Å². The third kappa shape index (κ3) is 6.76. The number of benzene rings is 1. The Balaban J connectivity index is 2.75. The van der Waals surface area contributed by atoms with Crippen molar-refractivity contribution in [3.63, 3.8) is 0 Å². The van der Waals surface area contributed by atoms with E-state index in [1.165, 1.54) is 24.3 Å². The van der Waals surface area contributed by atoms with E-state index in [1.807, 2.05) is 6.92 Å². The molecule has 0 fully saturated rings. The van der Waals surface area contributed by atoms with Gasteiger partial charge in [-0.05, 0) is 18.6 Å². The predicted molar refractivity (Wildman–Crippen MR) is 75.9 cm³/mol. The highest BCUT2D eigenvalue weighted by molar-refractivity contribution is 7.87. The van der Waals surface area contributed by atoms with E-state index in [0.717, 1.165) is 19.1 Å². The third-order valence-electron chi connectivity index (χ3n) is 2.27. The number of hydrogen-bond acceptors (Lipinski definition) is 6. The molecule has 0 spiro atoms. The molecule has 0 atom stereocenters. The molecular formula is C12H18O6S2. The van der Waals surface area contributed by atoms with Crippen LogP contribution >= 0.6 is 0 Å². The van der Waals surface area contributed by atoms with E-state index >= 15 is 0 Å². The van der Waals surface area contributed by atoms with Crippen molar-refractivity contribution in [1.29, 1.82) is 0 Å². The van der Waals surface area contributed by atoms with Gasteiger partial charge in [0.1, 0.15) is 11.5 Å². The Bertz CT molecular complexity index is 634. The second-order valence-electron chi connectivity index (χ2n) is 4.31. The van der Waals surface area contributed by atoms with Crippen molar-refractivity contribution in [2.24, 2.45) is 0 Å². The number of hydrogen-bond donors (Lipinski definition) is 0. The van der Waals surface area contributed by atoms with Crippen LogP contribution in [0.5, 0.6) is 11.5 Å². The maximum Gasteiger partial charge on any atom is 0.309 e.